The van der Waals surface area contributed by atoms with Crippen molar-refractivity contribution in [2.75, 3.05) is 20.2 Å². The molecule has 1 heterocycles. The summed E-state index contributed by atoms with van der Waals surface area (Å²) in [5.41, 5.74) is 0.237. The summed E-state index contributed by atoms with van der Waals surface area (Å²) in [5, 5.41) is 0.453. The molecule has 0 aliphatic carbocycles. The quantitative estimate of drug-likeness (QED) is 0.764. The molecule has 1 aromatic rings. The predicted octanol–water partition coefficient (Wildman–Crippen LogP) is 1.37. The first-order chi connectivity index (χ1) is 8.04. The molecule has 0 atom stereocenters. The molecule has 1 aromatic heterocycles. The van der Waals surface area contributed by atoms with Crippen molar-refractivity contribution in [3.63, 3.8) is 0 Å². The second kappa shape index (κ2) is 6.20. The highest BCUT2D eigenvalue weighted by Gasteiger charge is 2.16. The molecule has 0 radical (unpaired) electrons. The fraction of sp³-hybridized carbons (Fsp3) is 0.364. The molecule has 0 saturated heterocycles. The van der Waals surface area contributed by atoms with Crippen LogP contribution in [0.15, 0.2) is 18.3 Å². The van der Waals surface area contributed by atoms with Crippen molar-refractivity contribution in [1.82, 2.24) is 9.88 Å². The van der Waals surface area contributed by atoms with Crippen molar-refractivity contribution in [1.29, 1.82) is 0 Å². The van der Waals surface area contributed by atoms with E-state index >= 15 is 0 Å². The van der Waals surface area contributed by atoms with Crippen LogP contribution in [0.4, 0.5) is 0 Å². The maximum absolute atomic E-state index is 11.8. The van der Waals surface area contributed by atoms with Gasteiger partial charge < -0.3 is 9.64 Å². The van der Waals surface area contributed by atoms with Crippen molar-refractivity contribution < 1.29 is 14.3 Å². The van der Waals surface area contributed by atoms with Crippen LogP contribution >= 0.6 is 11.6 Å². The zero-order chi connectivity index (χ0) is 12.8. The Labute approximate surface area is 104 Å². The molecule has 0 unspecified atom stereocenters. The highest BCUT2D eigenvalue weighted by molar-refractivity contribution is 6.30. The highest BCUT2D eigenvalue weighted by Crippen LogP contribution is 2.07. The molecule has 0 fully saturated rings. The smallest absolute Gasteiger partial charge is 0.325 e. The minimum Gasteiger partial charge on any atom is -0.465 e. The molecule has 92 valence electrons. The second-order valence-electron chi connectivity index (χ2n) is 3.33. The van der Waals surface area contributed by atoms with E-state index in [0.29, 0.717) is 11.6 Å². The average Bonchev–Trinajstić information content (AvgIpc) is 2.29. The topological polar surface area (TPSA) is 59.5 Å². The molecular weight excluding hydrogens is 244 g/mol. The van der Waals surface area contributed by atoms with Crippen molar-refractivity contribution in [2.24, 2.45) is 0 Å². The largest absolute Gasteiger partial charge is 0.465 e. The summed E-state index contributed by atoms with van der Waals surface area (Å²) >= 11 is 5.66. The summed E-state index contributed by atoms with van der Waals surface area (Å²) in [4.78, 5) is 28.1. The highest BCUT2D eigenvalue weighted by atomic mass is 35.5. The third kappa shape index (κ3) is 4.03. The van der Waals surface area contributed by atoms with Gasteiger partial charge in [0.25, 0.3) is 5.91 Å². The molecule has 0 N–H and O–H groups in total. The predicted molar refractivity (Wildman–Crippen MR) is 62.8 cm³/mol. The van der Waals surface area contributed by atoms with Gasteiger partial charge in [0.05, 0.1) is 11.6 Å². The molecule has 1 rings (SSSR count). The molecular formula is C11H13ClN2O3. The lowest BCUT2D eigenvalue weighted by Gasteiger charge is -2.15. The van der Waals surface area contributed by atoms with Gasteiger partial charge in [-0.25, -0.2) is 4.98 Å². The Morgan fingerprint density at radius 3 is 2.71 bits per heavy atom. The lowest BCUT2D eigenvalue weighted by atomic mass is 10.3. The number of hydrogen-bond donors (Lipinski definition) is 0. The lowest BCUT2D eigenvalue weighted by Crippen LogP contribution is -2.33. The standard InChI is InChI=1S/C11H13ClN2O3/c1-3-17-10(15)7-14(2)11(16)9-5-4-8(12)6-13-9/h4-6H,3,7H2,1-2H3. The van der Waals surface area contributed by atoms with E-state index in [1.807, 2.05) is 0 Å². The van der Waals surface area contributed by atoms with Crippen molar-refractivity contribution in [2.45, 2.75) is 6.92 Å². The van der Waals surface area contributed by atoms with Crippen LogP contribution in [-0.4, -0.2) is 42.0 Å². The van der Waals surface area contributed by atoms with Gasteiger partial charge in [-0.3, -0.25) is 9.59 Å². The van der Waals surface area contributed by atoms with E-state index in [-0.39, 0.29) is 18.1 Å². The Kier molecular flexibility index (Phi) is 4.90. The minimum atomic E-state index is -0.447. The van der Waals surface area contributed by atoms with Crippen LogP contribution in [-0.2, 0) is 9.53 Å². The fourth-order valence-electron chi connectivity index (χ4n) is 1.17. The number of hydrogen-bond acceptors (Lipinski definition) is 4. The van der Waals surface area contributed by atoms with E-state index in [9.17, 15) is 9.59 Å². The number of carbonyl (C=O) groups is 2. The summed E-state index contributed by atoms with van der Waals surface area (Å²) in [5.74, 6) is -0.799. The normalized spacial score (nSPS) is 9.82. The monoisotopic (exact) mass is 256 g/mol. The van der Waals surface area contributed by atoms with E-state index in [1.54, 1.807) is 13.0 Å². The number of halogens is 1. The van der Waals surface area contributed by atoms with Gasteiger partial charge >= 0.3 is 5.97 Å². The van der Waals surface area contributed by atoms with E-state index in [1.165, 1.54) is 24.2 Å². The molecule has 0 spiro atoms. The Hall–Kier alpha value is -1.62. The molecule has 1 amide bonds. The first-order valence-electron chi connectivity index (χ1n) is 5.07. The fourth-order valence-corrected chi connectivity index (χ4v) is 1.28. The second-order valence-corrected chi connectivity index (χ2v) is 3.76. The molecule has 0 aliphatic heterocycles. The van der Waals surface area contributed by atoms with Crippen LogP contribution in [0.3, 0.4) is 0 Å². The zero-order valence-electron chi connectivity index (χ0n) is 9.64. The van der Waals surface area contributed by atoms with Crippen molar-refractivity contribution in [3.05, 3.63) is 29.0 Å². The van der Waals surface area contributed by atoms with Crippen molar-refractivity contribution >= 4 is 23.5 Å². The van der Waals surface area contributed by atoms with Crippen LogP contribution < -0.4 is 0 Å². The summed E-state index contributed by atoms with van der Waals surface area (Å²) < 4.78 is 4.74. The first kappa shape index (κ1) is 13.4. The third-order valence-electron chi connectivity index (χ3n) is 1.96. The third-order valence-corrected chi connectivity index (χ3v) is 2.19. The van der Waals surface area contributed by atoms with Crippen LogP contribution in [0.1, 0.15) is 17.4 Å². The van der Waals surface area contributed by atoms with E-state index in [2.05, 4.69) is 4.98 Å². The number of esters is 1. The molecule has 5 nitrogen and oxygen atoms in total. The van der Waals surface area contributed by atoms with Gasteiger partial charge in [0.1, 0.15) is 12.2 Å². The van der Waals surface area contributed by atoms with Gasteiger partial charge in [-0.2, -0.15) is 0 Å². The Bertz CT molecular complexity index is 406. The number of pyridine rings is 1. The lowest BCUT2D eigenvalue weighted by molar-refractivity contribution is -0.143. The van der Waals surface area contributed by atoms with Gasteiger partial charge in [0, 0.05) is 13.2 Å². The average molecular weight is 257 g/mol. The van der Waals surface area contributed by atoms with E-state index < -0.39 is 5.97 Å². The van der Waals surface area contributed by atoms with Crippen molar-refractivity contribution in [3.8, 4) is 0 Å². The number of ether oxygens (including phenoxy) is 1. The number of rotatable bonds is 4. The van der Waals surface area contributed by atoms with Crippen LogP contribution in [0.5, 0.6) is 0 Å². The number of carbonyl (C=O) groups excluding carboxylic acids is 2. The maximum atomic E-state index is 11.8. The molecule has 0 bridgehead atoms. The maximum Gasteiger partial charge on any atom is 0.325 e. The first-order valence-corrected chi connectivity index (χ1v) is 5.45. The Balaban J connectivity index is 2.63. The number of nitrogens with zero attached hydrogens (tertiary/aromatic N) is 2. The summed E-state index contributed by atoms with van der Waals surface area (Å²) in [6.45, 7) is 1.90. The zero-order valence-corrected chi connectivity index (χ0v) is 10.4. The molecule has 0 aromatic carbocycles. The molecule has 17 heavy (non-hydrogen) atoms. The molecule has 0 aliphatic rings. The van der Waals surface area contributed by atoms with Crippen LogP contribution in [0.2, 0.25) is 5.02 Å². The van der Waals surface area contributed by atoms with E-state index in [0.717, 1.165) is 0 Å². The summed E-state index contributed by atoms with van der Waals surface area (Å²) in [6, 6.07) is 3.08. The number of aromatic nitrogens is 1. The van der Waals surface area contributed by atoms with Gasteiger partial charge in [-0.1, -0.05) is 11.6 Å². The summed E-state index contributed by atoms with van der Waals surface area (Å²) in [6.07, 6.45) is 1.38. The molecule has 6 heteroatoms. The minimum absolute atomic E-state index is 0.100. The van der Waals surface area contributed by atoms with Gasteiger partial charge in [0.2, 0.25) is 0 Å². The van der Waals surface area contributed by atoms with Crippen LogP contribution in [0.25, 0.3) is 0 Å². The Morgan fingerprint density at radius 2 is 2.18 bits per heavy atom. The van der Waals surface area contributed by atoms with Gasteiger partial charge in [-0.15, -0.1) is 0 Å². The number of likely N-dealkylation sites (N-methyl/N-ethyl adjacent to an activating group) is 1. The van der Waals surface area contributed by atoms with Gasteiger partial charge in [-0.05, 0) is 19.1 Å². The van der Waals surface area contributed by atoms with Crippen LogP contribution in [0, 0.1) is 0 Å². The Morgan fingerprint density at radius 1 is 1.47 bits per heavy atom. The van der Waals surface area contributed by atoms with E-state index in [4.69, 9.17) is 16.3 Å². The SMILES string of the molecule is CCOC(=O)CN(C)C(=O)c1ccc(Cl)cn1. The number of amides is 1. The summed E-state index contributed by atoms with van der Waals surface area (Å²) in [7, 11) is 1.51. The molecule has 0 saturated carbocycles. The van der Waals surface area contributed by atoms with Gasteiger partial charge in [0.15, 0.2) is 0 Å².